The van der Waals surface area contributed by atoms with Gasteiger partial charge in [-0.05, 0) is 25.3 Å². The standard InChI is InChI=1S/C16H25N3O/c1-13-4-3-5-14(10-13)11-18(2)16(20)12-19-8-6-15(17)7-9-19/h3-5,10,15H,6-9,11-12,17H2,1-2H3. The maximum atomic E-state index is 12.2. The van der Waals surface area contributed by atoms with Crippen molar-refractivity contribution in [3.63, 3.8) is 0 Å². The van der Waals surface area contributed by atoms with E-state index in [1.807, 2.05) is 18.0 Å². The Kier molecular flexibility index (Phi) is 5.15. The van der Waals surface area contributed by atoms with E-state index in [1.54, 1.807) is 0 Å². The smallest absolute Gasteiger partial charge is 0.236 e. The minimum atomic E-state index is 0.182. The first-order valence-corrected chi connectivity index (χ1v) is 7.32. The quantitative estimate of drug-likeness (QED) is 0.903. The Morgan fingerprint density at radius 1 is 1.40 bits per heavy atom. The molecule has 0 aromatic heterocycles. The summed E-state index contributed by atoms with van der Waals surface area (Å²) >= 11 is 0. The average molecular weight is 275 g/mol. The van der Waals surface area contributed by atoms with Gasteiger partial charge in [-0.3, -0.25) is 9.69 Å². The summed E-state index contributed by atoms with van der Waals surface area (Å²) < 4.78 is 0. The molecule has 2 rings (SSSR count). The van der Waals surface area contributed by atoms with Crippen LogP contribution in [0, 0.1) is 6.92 Å². The van der Waals surface area contributed by atoms with Gasteiger partial charge in [0.25, 0.3) is 0 Å². The second-order valence-corrected chi connectivity index (χ2v) is 5.85. The molecule has 20 heavy (non-hydrogen) atoms. The van der Waals surface area contributed by atoms with Gasteiger partial charge < -0.3 is 10.6 Å². The van der Waals surface area contributed by atoms with E-state index in [0.717, 1.165) is 25.9 Å². The zero-order chi connectivity index (χ0) is 14.5. The third-order valence-corrected chi connectivity index (χ3v) is 3.92. The number of amides is 1. The van der Waals surface area contributed by atoms with E-state index in [1.165, 1.54) is 11.1 Å². The molecule has 0 atom stereocenters. The molecule has 0 spiro atoms. The molecule has 1 aliphatic heterocycles. The van der Waals surface area contributed by atoms with Crippen molar-refractivity contribution in [2.75, 3.05) is 26.7 Å². The van der Waals surface area contributed by atoms with Crippen molar-refractivity contribution in [1.29, 1.82) is 0 Å². The molecule has 1 aromatic rings. The molecular formula is C16H25N3O. The number of hydrogen-bond donors (Lipinski definition) is 1. The molecule has 1 aromatic carbocycles. The third-order valence-electron chi connectivity index (χ3n) is 3.92. The fourth-order valence-electron chi connectivity index (χ4n) is 2.60. The van der Waals surface area contributed by atoms with Crippen LogP contribution in [0.1, 0.15) is 24.0 Å². The number of carbonyl (C=O) groups excluding carboxylic acids is 1. The zero-order valence-corrected chi connectivity index (χ0v) is 12.5. The summed E-state index contributed by atoms with van der Waals surface area (Å²) in [6.07, 6.45) is 1.99. The number of likely N-dealkylation sites (N-methyl/N-ethyl adjacent to an activating group) is 1. The van der Waals surface area contributed by atoms with Crippen molar-refractivity contribution in [2.45, 2.75) is 32.4 Å². The number of benzene rings is 1. The lowest BCUT2D eigenvalue weighted by atomic mass is 10.1. The van der Waals surface area contributed by atoms with Crippen molar-refractivity contribution in [3.05, 3.63) is 35.4 Å². The first-order valence-electron chi connectivity index (χ1n) is 7.32. The Balaban J connectivity index is 1.83. The van der Waals surface area contributed by atoms with Gasteiger partial charge in [-0.1, -0.05) is 29.8 Å². The Labute approximate surface area is 121 Å². The highest BCUT2D eigenvalue weighted by atomic mass is 16.2. The first-order chi connectivity index (χ1) is 9.54. The second kappa shape index (κ2) is 6.86. The van der Waals surface area contributed by atoms with Crippen LogP contribution < -0.4 is 5.73 Å². The number of carbonyl (C=O) groups is 1. The number of aryl methyl sites for hydroxylation is 1. The molecule has 0 saturated carbocycles. The van der Waals surface area contributed by atoms with E-state index >= 15 is 0 Å². The number of piperidine rings is 1. The topological polar surface area (TPSA) is 49.6 Å². The van der Waals surface area contributed by atoms with Gasteiger partial charge in [0.15, 0.2) is 0 Å². The highest BCUT2D eigenvalue weighted by Crippen LogP contribution is 2.10. The Morgan fingerprint density at radius 2 is 2.10 bits per heavy atom. The number of rotatable bonds is 4. The first kappa shape index (κ1) is 15.0. The van der Waals surface area contributed by atoms with E-state index in [4.69, 9.17) is 5.73 Å². The van der Waals surface area contributed by atoms with Gasteiger partial charge in [0, 0.05) is 32.7 Å². The fraction of sp³-hybridized carbons (Fsp3) is 0.562. The monoisotopic (exact) mass is 275 g/mol. The van der Waals surface area contributed by atoms with Crippen molar-refractivity contribution >= 4 is 5.91 Å². The predicted octanol–water partition coefficient (Wildman–Crippen LogP) is 1.38. The van der Waals surface area contributed by atoms with Crippen molar-refractivity contribution in [2.24, 2.45) is 5.73 Å². The molecule has 110 valence electrons. The summed E-state index contributed by atoms with van der Waals surface area (Å²) in [6.45, 7) is 5.13. The lowest BCUT2D eigenvalue weighted by molar-refractivity contribution is -0.131. The van der Waals surface area contributed by atoms with Crippen molar-refractivity contribution in [3.8, 4) is 0 Å². The number of nitrogens with zero attached hydrogens (tertiary/aromatic N) is 2. The normalized spacial score (nSPS) is 17.1. The number of nitrogens with two attached hydrogens (primary N) is 1. The molecule has 0 unspecified atom stereocenters. The number of likely N-dealkylation sites (tertiary alicyclic amines) is 1. The maximum absolute atomic E-state index is 12.2. The molecule has 1 amide bonds. The molecule has 1 saturated heterocycles. The van der Waals surface area contributed by atoms with E-state index in [9.17, 15) is 4.79 Å². The Hall–Kier alpha value is -1.39. The van der Waals surface area contributed by atoms with E-state index in [-0.39, 0.29) is 5.91 Å². The van der Waals surface area contributed by atoms with Crippen LogP contribution in [0.5, 0.6) is 0 Å². The molecular weight excluding hydrogens is 250 g/mol. The summed E-state index contributed by atoms with van der Waals surface area (Å²) in [6, 6.07) is 8.61. The van der Waals surface area contributed by atoms with Crippen LogP contribution in [0.15, 0.2) is 24.3 Å². The summed E-state index contributed by atoms with van der Waals surface area (Å²) in [7, 11) is 1.88. The van der Waals surface area contributed by atoms with Crippen LogP contribution in [0.4, 0.5) is 0 Å². The molecule has 4 heteroatoms. The van der Waals surface area contributed by atoms with Crippen LogP contribution in [0.3, 0.4) is 0 Å². The van der Waals surface area contributed by atoms with Gasteiger partial charge in [-0.25, -0.2) is 0 Å². The van der Waals surface area contributed by atoms with Crippen LogP contribution >= 0.6 is 0 Å². The van der Waals surface area contributed by atoms with Gasteiger partial charge in [-0.2, -0.15) is 0 Å². The van der Waals surface area contributed by atoms with Gasteiger partial charge in [-0.15, -0.1) is 0 Å². The summed E-state index contributed by atoms with van der Waals surface area (Å²) in [5, 5.41) is 0. The van der Waals surface area contributed by atoms with Crippen LogP contribution in [-0.4, -0.2) is 48.4 Å². The minimum absolute atomic E-state index is 0.182. The largest absolute Gasteiger partial charge is 0.340 e. The fourth-order valence-corrected chi connectivity index (χ4v) is 2.60. The maximum Gasteiger partial charge on any atom is 0.236 e. The van der Waals surface area contributed by atoms with Crippen molar-refractivity contribution < 1.29 is 4.79 Å². The third kappa shape index (κ3) is 4.32. The van der Waals surface area contributed by atoms with Gasteiger partial charge >= 0.3 is 0 Å². The van der Waals surface area contributed by atoms with Crippen molar-refractivity contribution in [1.82, 2.24) is 9.80 Å². The van der Waals surface area contributed by atoms with Gasteiger partial charge in [0.05, 0.1) is 6.54 Å². The Bertz CT molecular complexity index is 453. The minimum Gasteiger partial charge on any atom is -0.340 e. The molecule has 2 N–H and O–H groups in total. The molecule has 4 nitrogen and oxygen atoms in total. The Morgan fingerprint density at radius 3 is 2.75 bits per heavy atom. The average Bonchev–Trinajstić information content (AvgIpc) is 2.41. The van der Waals surface area contributed by atoms with E-state index in [0.29, 0.717) is 19.1 Å². The van der Waals surface area contributed by atoms with Gasteiger partial charge in [0.2, 0.25) is 5.91 Å². The second-order valence-electron chi connectivity index (χ2n) is 5.85. The van der Waals surface area contributed by atoms with Crippen LogP contribution in [-0.2, 0) is 11.3 Å². The SMILES string of the molecule is Cc1cccc(CN(C)C(=O)CN2CCC(N)CC2)c1. The summed E-state index contributed by atoms with van der Waals surface area (Å²) in [5.41, 5.74) is 8.29. The molecule has 1 fully saturated rings. The molecule has 0 aliphatic carbocycles. The molecule has 1 aliphatic rings. The van der Waals surface area contributed by atoms with E-state index < -0.39 is 0 Å². The lowest BCUT2D eigenvalue weighted by Gasteiger charge is -2.30. The number of hydrogen-bond acceptors (Lipinski definition) is 3. The molecule has 0 bridgehead atoms. The lowest BCUT2D eigenvalue weighted by Crippen LogP contribution is -2.44. The highest BCUT2D eigenvalue weighted by molar-refractivity contribution is 5.78. The van der Waals surface area contributed by atoms with Gasteiger partial charge in [0.1, 0.15) is 0 Å². The van der Waals surface area contributed by atoms with Crippen LogP contribution in [0.2, 0.25) is 0 Å². The highest BCUT2D eigenvalue weighted by Gasteiger charge is 2.19. The zero-order valence-electron chi connectivity index (χ0n) is 12.5. The van der Waals surface area contributed by atoms with Crippen LogP contribution in [0.25, 0.3) is 0 Å². The molecule has 0 radical (unpaired) electrons. The summed E-state index contributed by atoms with van der Waals surface area (Å²) in [4.78, 5) is 16.3. The molecule has 1 heterocycles. The van der Waals surface area contributed by atoms with E-state index in [2.05, 4.69) is 30.0 Å². The predicted molar refractivity (Wildman–Crippen MR) is 81.3 cm³/mol. The summed E-state index contributed by atoms with van der Waals surface area (Å²) in [5.74, 6) is 0.182.